The van der Waals surface area contributed by atoms with Crippen LogP contribution in [-0.2, 0) is 6.54 Å². The molecule has 26 heavy (non-hydrogen) atoms. The lowest BCUT2D eigenvalue weighted by atomic mass is 10.0. The van der Waals surface area contributed by atoms with E-state index in [9.17, 15) is 0 Å². The van der Waals surface area contributed by atoms with Crippen molar-refractivity contribution in [2.24, 2.45) is 0 Å². The number of nitrogens with zero attached hydrogens (tertiary/aromatic N) is 3. The summed E-state index contributed by atoms with van der Waals surface area (Å²) in [5, 5.41) is 4.25. The molecular weight excluding hydrogens is 344 g/mol. The van der Waals surface area contributed by atoms with Gasteiger partial charge in [0.15, 0.2) is 5.11 Å². The molecule has 4 heterocycles. The number of furan rings is 1. The molecule has 0 aromatic carbocycles. The van der Waals surface area contributed by atoms with E-state index in [0.29, 0.717) is 6.54 Å². The Morgan fingerprint density at radius 1 is 1.19 bits per heavy atom. The Morgan fingerprint density at radius 2 is 2.08 bits per heavy atom. The lowest BCUT2D eigenvalue weighted by Crippen LogP contribution is -2.36. The van der Waals surface area contributed by atoms with Gasteiger partial charge in [0, 0.05) is 24.1 Å². The second-order valence-corrected chi connectivity index (χ2v) is 7.15. The predicted molar refractivity (Wildman–Crippen MR) is 105 cm³/mol. The van der Waals surface area contributed by atoms with Gasteiger partial charge in [-0.05, 0) is 62.5 Å². The zero-order chi connectivity index (χ0) is 18.1. The molecule has 0 aliphatic carbocycles. The molecule has 1 aliphatic rings. The molecule has 1 aliphatic heterocycles. The predicted octanol–water partition coefficient (Wildman–Crippen LogP) is 3.91. The molecule has 0 radical (unpaired) electrons. The second kappa shape index (κ2) is 6.96. The van der Waals surface area contributed by atoms with Gasteiger partial charge in [0.1, 0.15) is 5.76 Å². The van der Waals surface area contributed by atoms with E-state index in [4.69, 9.17) is 16.6 Å². The Bertz CT molecular complexity index is 872. The van der Waals surface area contributed by atoms with E-state index in [1.807, 2.05) is 30.5 Å². The Balaban J connectivity index is 1.75. The van der Waals surface area contributed by atoms with Gasteiger partial charge >= 0.3 is 0 Å². The molecule has 0 unspecified atom stereocenters. The summed E-state index contributed by atoms with van der Waals surface area (Å²) in [5.74, 6) is 0.932. The molecule has 6 heteroatoms. The molecule has 2 atom stereocenters. The summed E-state index contributed by atoms with van der Waals surface area (Å²) in [5.41, 5.74) is 2.19. The zero-order valence-corrected chi connectivity index (χ0v) is 15.7. The first-order valence-corrected chi connectivity index (χ1v) is 9.23. The Hall–Kier alpha value is -2.60. The number of hydrogen-bond acceptors (Lipinski definition) is 3. The first-order chi connectivity index (χ1) is 12.6. The lowest BCUT2D eigenvalue weighted by Gasteiger charge is -2.31. The summed E-state index contributed by atoms with van der Waals surface area (Å²) >= 11 is 5.66. The van der Waals surface area contributed by atoms with E-state index in [0.717, 1.165) is 16.6 Å². The Morgan fingerprint density at radius 3 is 2.77 bits per heavy atom. The van der Waals surface area contributed by atoms with E-state index in [-0.39, 0.29) is 18.1 Å². The van der Waals surface area contributed by atoms with Crippen molar-refractivity contribution < 1.29 is 4.42 Å². The van der Waals surface area contributed by atoms with Crippen LogP contribution in [-0.4, -0.2) is 25.6 Å². The van der Waals surface area contributed by atoms with Crippen LogP contribution < -0.4 is 5.32 Å². The van der Waals surface area contributed by atoms with Crippen molar-refractivity contribution in [1.29, 1.82) is 0 Å². The highest BCUT2D eigenvalue weighted by Gasteiger charge is 2.42. The summed E-state index contributed by atoms with van der Waals surface area (Å²) in [6, 6.07) is 14.5. The average Bonchev–Trinajstić information content (AvgIpc) is 3.36. The van der Waals surface area contributed by atoms with Crippen LogP contribution in [0.3, 0.4) is 0 Å². The minimum Gasteiger partial charge on any atom is -0.467 e. The van der Waals surface area contributed by atoms with Gasteiger partial charge in [-0.1, -0.05) is 6.07 Å². The Kier molecular flexibility index (Phi) is 4.51. The van der Waals surface area contributed by atoms with Crippen molar-refractivity contribution in [3.63, 3.8) is 0 Å². The minimum atomic E-state index is 0.0105. The first kappa shape index (κ1) is 16.8. The van der Waals surface area contributed by atoms with Crippen LogP contribution in [0.25, 0.3) is 0 Å². The SMILES string of the molecule is CC(C)N1C(=S)N[C@H](c2ccccn2)[C@H]1c1cccn1Cc1ccco1. The molecule has 1 fully saturated rings. The zero-order valence-electron chi connectivity index (χ0n) is 14.9. The first-order valence-electron chi connectivity index (χ1n) is 8.82. The van der Waals surface area contributed by atoms with Gasteiger partial charge in [-0.2, -0.15) is 0 Å². The number of rotatable bonds is 5. The van der Waals surface area contributed by atoms with Crippen molar-refractivity contribution >= 4 is 17.3 Å². The fraction of sp³-hybridized carbons (Fsp3) is 0.300. The van der Waals surface area contributed by atoms with E-state index in [2.05, 4.69) is 58.0 Å². The molecule has 3 aromatic heterocycles. The second-order valence-electron chi connectivity index (χ2n) is 6.77. The molecule has 1 N–H and O–H groups in total. The van der Waals surface area contributed by atoms with E-state index in [1.165, 1.54) is 5.69 Å². The molecule has 4 rings (SSSR count). The van der Waals surface area contributed by atoms with Crippen LogP contribution in [0.5, 0.6) is 0 Å². The Labute approximate surface area is 158 Å². The maximum absolute atomic E-state index is 5.66. The van der Waals surface area contributed by atoms with Crippen molar-refractivity contribution in [3.8, 4) is 0 Å². The fourth-order valence-corrected chi connectivity index (χ4v) is 4.10. The highest BCUT2D eigenvalue weighted by Crippen LogP contribution is 2.40. The fourth-order valence-electron chi connectivity index (χ4n) is 3.65. The van der Waals surface area contributed by atoms with E-state index >= 15 is 0 Å². The smallest absolute Gasteiger partial charge is 0.170 e. The van der Waals surface area contributed by atoms with Gasteiger partial charge in [-0.25, -0.2) is 0 Å². The normalized spacial score (nSPS) is 20.0. The van der Waals surface area contributed by atoms with Crippen LogP contribution in [0.4, 0.5) is 0 Å². The monoisotopic (exact) mass is 366 g/mol. The van der Waals surface area contributed by atoms with Crippen molar-refractivity contribution in [2.75, 3.05) is 0 Å². The maximum atomic E-state index is 5.66. The van der Waals surface area contributed by atoms with Crippen LogP contribution in [0.1, 0.15) is 43.1 Å². The van der Waals surface area contributed by atoms with Crippen LogP contribution in [0.15, 0.2) is 65.5 Å². The van der Waals surface area contributed by atoms with E-state index < -0.39 is 0 Å². The average molecular weight is 366 g/mol. The van der Waals surface area contributed by atoms with Gasteiger partial charge in [0.05, 0.1) is 30.6 Å². The topological polar surface area (TPSA) is 46.2 Å². The molecule has 0 spiro atoms. The number of aromatic nitrogens is 2. The molecule has 3 aromatic rings. The van der Waals surface area contributed by atoms with Gasteiger partial charge in [0.2, 0.25) is 0 Å². The number of nitrogens with one attached hydrogen (secondary N) is 1. The number of pyridine rings is 1. The maximum Gasteiger partial charge on any atom is 0.170 e. The van der Waals surface area contributed by atoms with Gasteiger partial charge < -0.3 is 19.2 Å². The summed E-state index contributed by atoms with van der Waals surface area (Å²) in [6.45, 7) is 5.03. The third-order valence-electron chi connectivity index (χ3n) is 4.77. The summed E-state index contributed by atoms with van der Waals surface area (Å²) in [4.78, 5) is 6.84. The van der Waals surface area contributed by atoms with Crippen LogP contribution >= 0.6 is 12.2 Å². The van der Waals surface area contributed by atoms with E-state index in [1.54, 1.807) is 6.26 Å². The third kappa shape index (κ3) is 3.01. The summed E-state index contributed by atoms with van der Waals surface area (Å²) < 4.78 is 7.77. The largest absolute Gasteiger partial charge is 0.467 e. The lowest BCUT2D eigenvalue weighted by molar-refractivity contribution is 0.258. The molecule has 134 valence electrons. The molecule has 5 nitrogen and oxygen atoms in total. The standard InChI is InChI=1S/C20H22N4OS/c1-14(2)24-19(18(22-20(24)26)16-8-3-4-10-21-16)17-9-5-11-23(17)13-15-7-6-12-25-15/h3-12,14,18-19H,13H2,1-2H3,(H,22,26)/t18-,19-/m1/s1. The molecule has 0 amide bonds. The van der Waals surface area contributed by atoms with Gasteiger partial charge in [-0.3, -0.25) is 4.98 Å². The molecule has 0 saturated carbocycles. The van der Waals surface area contributed by atoms with Crippen molar-refractivity contribution in [2.45, 2.75) is 38.5 Å². The molecule has 0 bridgehead atoms. The molecular formula is C20H22N4OS. The van der Waals surface area contributed by atoms with Crippen molar-refractivity contribution in [1.82, 2.24) is 19.8 Å². The van der Waals surface area contributed by atoms with Gasteiger partial charge in [-0.15, -0.1) is 0 Å². The van der Waals surface area contributed by atoms with Crippen molar-refractivity contribution in [3.05, 3.63) is 78.3 Å². The summed E-state index contributed by atoms with van der Waals surface area (Å²) in [7, 11) is 0. The van der Waals surface area contributed by atoms with Crippen LogP contribution in [0.2, 0.25) is 0 Å². The highest BCUT2D eigenvalue weighted by molar-refractivity contribution is 7.80. The summed E-state index contributed by atoms with van der Waals surface area (Å²) in [6.07, 6.45) is 5.63. The minimum absolute atomic E-state index is 0.0105. The quantitative estimate of drug-likeness (QED) is 0.694. The third-order valence-corrected chi connectivity index (χ3v) is 5.09. The number of hydrogen-bond donors (Lipinski definition) is 1. The van der Waals surface area contributed by atoms with Crippen LogP contribution in [0, 0.1) is 0 Å². The van der Waals surface area contributed by atoms with Gasteiger partial charge in [0.25, 0.3) is 0 Å². The molecule has 1 saturated heterocycles. The highest BCUT2D eigenvalue weighted by atomic mass is 32.1. The number of thiocarbonyl (C=S) groups is 1.